The summed E-state index contributed by atoms with van der Waals surface area (Å²) in [6.07, 6.45) is 3.40. The van der Waals surface area contributed by atoms with Gasteiger partial charge in [0.05, 0.1) is 24.2 Å². The molecule has 2 aromatic rings. The SMILES string of the molecule is Cc1ccc(C(=O)NC(C)c2ccc3c(c2)CCC3)cc1S(=O)(=O)N1CCOCC1. The molecule has 1 aliphatic carbocycles. The lowest BCUT2D eigenvalue weighted by atomic mass is 10.0. The van der Waals surface area contributed by atoms with Crippen LogP contribution >= 0.6 is 0 Å². The molecular weight excluding hydrogens is 400 g/mol. The van der Waals surface area contributed by atoms with Crippen LogP contribution in [0.15, 0.2) is 41.3 Å². The lowest BCUT2D eigenvalue weighted by Crippen LogP contribution is -2.41. The van der Waals surface area contributed by atoms with Crippen molar-refractivity contribution in [2.45, 2.75) is 44.0 Å². The molecule has 1 heterocycles. The minimum atomic E-state index is -3.66. The Morgan fingerprint density at radius 2 is 1.80 bits per heavy atom. The van der Waals surface area contributed by atoms with Crippen LogP contribution in [0, 0.1) is 6.92 Å². The molecule has 1 amide bonds. The fourth-order valence-corrected chi connectivity index (χ4v) is 5.83. The van der Waals surface area contributed by atoms with E-state index in [0.29, 0.717) is 37.4 Å². The maximum absolute atomic E-state index is 13.1. The fraction of sp³-hybridized carbons (Fsp3) is 0.435. The van der Waals surface area contributed by atoms with E-state index in [9.17, 15) is 13.2 Å². The second kappa shape index (κ2) is 8.49. The third-order valence-electron chi connectivity index (χ3n) is 6.01. The Bertz CT molecular complexity index is 1060. The van der Waals surface area contributed by atoms with E-state index in [0.717, 1.165) is 18.4 Å². The molecule has 1 aliphatic heterocycles. The molecule has 0 radical (unpaired) electrons. The van der Waals surface area contributed by atoms with Crippen molar-refractivity contribution in [3.63, 3.8) is 0 Å². The molecule has 6 nitrogen and oxygen atoms in total. The summed E-state index contributed by atoms with van der Waals surface area (Å²) in [4.78, 5) is 13.1. The van der Waals surface area contributed by atoms with Gasteiger partial charge in [-0.05, 0) is 67.5 Å². The van der Waals surface area contributed by atoms with Crippen LogP contribution in [0.1, 0.15) is 52.0 Å². The minimum Gasteiger partial charge on any atom is -0.379 e. The summed E-state index contributed by atoms with van der Waals surface area (Å²) in [5, 5.41) is 3.01. The number of fused-ring (bicyclic) bond motifs is 1. The smallest absolute Gasteiger partial charge is 0.251 e. The normalized spacial score (nSPS) is 18.1. The third-order valence-corrected chi connectivity index (χ3v) is 8.05. The number of ether oxygens (including phenoxy) is 1. The first kappa shape index (κ1) is 21.0. The van der Waals surface area contributed by atoms with Gasteiger partial charge in [-0.15, -0.1) is 0 Å². The number of nitrogens with zero attached hydrogens (tertiary/aromatic N) is 1. The van der Waals surface area contributed by atoms with Crippen molar-refractivity contribution in [2.24, 2.45) is 0 Å². The van der Waals surface area contributed by atoms with Crippen LogP contribution in [0.25, 0.3) is 0 Å². The molecule has 1 atom stereocenters. The third kappa shape index (κ3) is 4.15. The maximum atomic E-state index is 13.1. The number of amides is 1. The average molecular weight is 429 g/mol. The zero-order chi connectivity index (χ0) is 21.3. The molecular formula is C23H28N2O4S. The summed E-state index contributed by atoms with van der Waals surface area (Å²) in [6, 6.07) is 11.1. The van der Waals surface area contributed by atoms with E-state index in [4.69, 9.17) is 4.74 Å². The monoisotopic (exact) mass is 428 g/mol. The predicted molar refractivity (Wildman–Crippen MR) is 115 cm³/mol. The second-order valence-electron chi connectivity index (χ2n) is 8.07. The molecule has 1 saturated heterocycles. The van der Waals surface area contributed by atoms with Gasteiger partial charge >= 0.3 is 0 Å². The Morgan fingerprint density at radius 3 is 2.57 bits per heavy atom. The maximum Gasteiger partial charge on any atom is 0.251 e. The number of carbonyl (C=O) groups is 1. The quantitative estimate of drug-likeness (QED) is 0.794. The first-order valence-corrected chi connectivity index (χ1v) is 11.9. The molecule has 160 valence electrons. The van der Waals surface area contributed by atoms with Gasteiger partial charge in [0.25, 0.3) is 5.91 Å². The summed E-state index contributed by atoms with van der Waals surface area (Å²) in [5.41, 5.74) is 4.80. The van der Waals surface area contributed by atoms with E-state index in [1.54, 1.807) is 19.1 Å². The van der Waals surface area contributed by atoms with Crippen molar-refractivity contribution < 1.29 is 17.9 Å². The number of hydrogen-bond acceptors (Lipinski definition) is 4. The number of benzene rings is 2. The molecule has 4 rings (SSSR count). The number of rotatable bonds is 5. The summed E-state index contributed by atoms with van der Waals surface area (Å²) in [7, 11) is -3.66. The summed E-state index contributed by atoms with van der Waals surface area (Å²) >= 11 is 0. The van der Waals surface area contributed by atoms with Crippen molar-refractivity contribution in [1.82, 2.24) is 9.62 Å². The molecule has 7 heteroatoms. The topological polar surface area (TPSA) is 75.7 Å². The average Bonchev–Trinajstić information content (AvgIpc) is 3.22. The number of aryl methyl sites for hydroxylation is 3. The Kier molecular flexibility index (Phi) is 5.95. The number of carbonyl (C=O) groups excluding carboxylic acids is 1. The molecule has 1 fully saturated rings. The molecule has 1 N–H and O–H groups in total. The number of hydrogen-bond donors (Lipinski definition) is 1. The van der Waals surface area contributed by atoms with Crippen molar-refractivity contribution in [1.29, 1.82) is 0 Å². The van der Waals surface area contributed by atoms with Gasteiger partial charge in [-0.2, -0.15) is 4.31 Å². The predicted octanol–water partition coefficient (Wildman–Crippen LogP) is 3.00. The van der Waals surface area contributed by atoms with Gasteiger partial charge < -0.3 is 10.1 Å². The second-order valence-corrected chi connectivity index (χ2v) is 9.98. The van der Waals surface area contributed by atoms with Gasteiger partial charge in [-0.3, -0.25) is 4.79 Å². The fourth-order valence-electron chi connectivity index (χ4n) is 4.17. The molecule has 2 aliphatic rings. The van der Waals surface area contributed by atoms with Crippen molar-refractivity contribution in [2.75, 3.05) is 26.3 Å². The van der Waals surface area contributed by atoms with Gasteiger partial charge in [0.15, 0.2) is 0 Å². The van der Waals surface area contributed by atoms with Crippen LogP contribution in [0.3, 0.4) is 0 Å². The molecule has 0 spiro atoms. The van der Waals surface area contributed by atoms with Crippen molar-refractivity contribution in [3.8, 4) is 0 Å². The highest BCUT2D eigenvalue weighted by molar-refractivity contribution is 7.89. The van der Waals surface area contributed by atoms with E-state index in [2.05, 4.69) is 23.5 Å². The lowest BCUT2D eigenvalue weighted by Gasteiger charge is -2.27. The van der Waals surface area contributed by atoms with E-state index >= 15 is 0 Å². The standard InChI is InChI=1S/C23H28N2O4S/c1-16-6-7-21(15-22(16)30(27,28)25-10-12-29-13-11-25)23(26)24-17(2)19-9-8-18-4-3-5-20(18)14-19/h6-9,14-15,17H,3-5,10-13H2,1-2H3,(H,24,26). The summed E-state index contributed by atoms with van der Waals surface area (Å²) < 4.78 is 32.8. The lowest BCUT2D eigenvalue weighted by molar-refractivity contribution is 0.0730. The highest BCUT2D eigenvalue weighted by atomic mass is 32.2. The van der Waals surface area contributed by atoms with Crippen LogP contribution in [0.4, 0.5) is 0 Å². The van der Waals surface area contributed by atoms with Gasteiger partial charge in [0.1, 0.15) is 0 Å². The van der Waals surface area contributed by atoms with Crippen LogP contribution in [-0.4, -0.2) is 44.9 Å². The van der Waals surface area contributed by atoms with Gasteiger partial charge in [0, 0.05) is 18.7 Å². The molecule has 0 saturated carbocycles. The number of morpholine rings is 1. The zero-order valence-electron chi connectivity index (χ0n) is 17.5. The molecule has 0 bridgehead atoms. The van der Waals surface area contributed by atoms with Crippen LogP contribution in [0.5, 0.6) is 0 Å². The Hall–Kier alpha value is -2.22. The molecule has 30 heavy (non-hydrogen) atoms. The van der Waals surface area contributed by atoms with Crippen LogP contribution < -0.4 is 5.32 Å². The van der Waals surface area contributed by atoms with E-state index < -0.39 is 10.0 Å². The first-order chi connectivity index (χ1) is 14.4. The number of nitrogens with one attached hydrogen (secondary N) is 1. The van der Waals surface area contributed by atoms with Gasteiger partial charge in [0.2, 0.25) is 10.0 Å². The van der Waals surface area contributed by atoms with Crippen molar-refractivity contribution >= 4 is 15.9 Å². The van der Waals surface area contributed by atoms with E-state index in [1.807, 2.05) is 6.92 Å². The van der Waals surface area contributed by atoms with Crippen LogP contribution in [0.2, 0.25) is 0 Å². The highest BCUT2D eigenvalue weighted by Crippen LogP contribution is 2.26. The zero-order valence-corrected chi connectivity index (χ0v) is 18.3. The molecule has 2 aromatic carbocycles. The largest absolute Gasteiger partial charge is 0.379 e. The van der Waals surface area contributed by atoms with Crippen LogP contribution in [-0.2, 0) is 27.6 Å². The highest BCUT2D eigenvalue weighted by Gasteiger charge is 2.28. The summed E-state index contributed by atoms with van der Waals surface area (Å²) in [5.74, 6) is -0.276. The number of sulfonamides is 1. The van der Waals surface area contributed by atoms with Gasteiger partial charge in [-0.1, -0.05) is 24.3 Å². The Balaban J connectivity index is 1.54. The molecule has 0 aromatic heterocycles. The first-order valence-electron chi connectivity index (χ1n) is 10.5. The van der Waals surface area contributed by atoms with E-state index in [-0.39, 0.29) is 16.8 Å². The Morgan fingerprint density at radius 1 is 1.07 bits per heavy atom. The minimum absolute atomic E-state index is 0.163. The van der Waals surface area contributed by atoms with Crippen molar-refractivity contribution in [3.05, 3.63) is 64.2 Å². The Labute approximate surface area is 178 Å². The summed E-state index contributed by atoms with van der Waals surface area (Å²) in [6.45, 7) is 5.13. The van der Waals surface area contributed by atoms with E-state index in [1.165, 1.54) is 27.9 Å². The molecule has 1 unspecified atom stereocenters. The van der Waals surface area contributed by atoms with Gasteiger partial charge in [-0.25, -0.2) is 8.42 Å².